The Bertz CT molecular complexity index is 1170. The van der Waals surface area contributed by atoms with Crippen LogP contribution in [0.1, 0.15) is 40.3 Å². The van der Waals surface area contributed by atoms with Gasteiger partial charge in [0.05, 0.1) is 31.3 Å². The number of carbonyl (C=O) groups is 1. The van der Waals surface area contributed by atoms with Gasteiger partial charge < -0.3 is 19.2 Å². The smallest absolute Gasteiger partial charge is 0.291 e. The second-order valence-corrected chi connectivity index (χ2v) is 7.41. The zero-order valence-corrected chi connectivity index (χ0v) is 18.1. The summed E-state index contributed by atoms with van der Waals surface area (Å²) in [4.78, 5) is 13.0. The Labute approximate surface area is 185 Å². The lowest BCUT2D eigenvalue weighted by Crippen LogP contribution is -2.15. The molecule has 0 saturated carbocycles. The highest BCUT2D eigenvalue weighted by Crippen LogP contribution is 2.33. The van der Waals surface area contributed by atoms with Crippen LogP contribution in [-0.2, 0) is 6.42 Å². The molecule has 0 radical (unpaired) electrons. The summed E-state index contributed by atoms with van der Waals surface area (Å²) in [5.41, 5.74) is 6.53. The van der Waals surface area contributed by atoms with Gasteiger partial charge in [0.15, 0.2) is 5.76 Å². The molecule has 4 rings (SSSR count). The molecule has 1 amide bonds. The molecular weight excluding hydrogens is 413 g/mol. The van der Waals surface area contributed by atoms with Gasteiger partial charge in [-0.25, -0.2) is 4.39 Å². The fraction of sp³-hybridized carbons (Fsp3) is 0.250. The highest BCUT2D eigenvalue weighted by Gasteiger charge is 2.28. The first kappa shape index (κ1) is 21.4. The monoisotopic (exact) mass is 437 g/mol. The summed E-state index contributed by atoms with van der Waals surface area (Å²) < 4.78 is 29.6. The van der Waals surface area contributed by atoms with E-state index in [9.17, 15) is 9.18 Å². The van der Waals surface area contributed by atoms with E-state index in [0.29, 0.717) is 22.9 Å². The molecule has 8 heteroatoms. The van der Waals surface area contributed by atoms with E-state index in [0.717, 1.165) is 41.9 Å². The third-order valence-electron chi connectivity index (χ3n) is 5.35. The number of anilines is 2. The number of ether oxygens (including phenoxy) is 2. The second-order valence-electron chi connectivity index (χ2n) is 7.41. The average Bonchev–Trinajstić information content (AvgIpc) is 3.16. The third kappa shape index (κ3) is 4.30. The quantitative estimate of drug-likeness (QED) is 0.521. The van der Waals surface area contributed by atoms with E-state index in [2.05, 4.69) is 15.8 Å². The minimum atomic E-state index is -0.369. The molecule has 2 aromatic carbocycles. The number of nitrogens with zero attached hydrogens (tertiary/aromatic N) is 1. The molecule has 0 unspecified atom stereocenters. The summed E-state index contributed by atoms with van der Waals surface area (Å²) >= 11 is 0. The lowest BCUT2D eigenvalue weighted by Gasteiger charge is -2.13. The Morgan fingerprint density at radius 2 is 1.88 bits per heavy atom. The second kappa shape index (κ2) is 9.13. The van der Waals surface area contributed by atoms with Crippen molar-refractivity contribution in [3.05, 3.63) is 70.9 Å². The van der Waals surface area contributed by atoms with E-state index in [1.807, 2.05) is 6.92 Å². The fourth-order valence-corrected chi connectivity index (χ4v) is 3.73. The number of amides is 1. The minimum absolute atomic E-state index is 0.240. The number of rotatable bonds is 6. The lowest BCUT2D eigenvalue weighted by atomic mass is 9.93. The van der Waals surface area contributed by atoms with Crippen molar-refractivity contribution in [1.29, 1.82) is 0 Å². The van der Waals surface area contributed by atoms with Crippen molar-refractivity contribution < 1.29 is 23.1 Å². The van der Waals surface area contributed by atoms with E-state index >= 15 is 0 Å². The van der Waals surface area contributed by atoms with Crippen LogP contribution in [0, 0.1) is 12.7 Å². The molecule has 0 bridgehead atoms. The fourth-order valence-electron chi connectivity index (χ4n) is 3.73. The SMILES string of the molecule is COc1ccc(NC(=O)c2oc3c(c2C)/C(=N/Nc2ccc(F)cc2)CCC3)c(OC)c1. The molecule has 2 N–H and O–H groups in total. The van der Waals surface area contributed by atoms with Gasteiger partial charge in [0.25, 0.3) is 5.91 Å². The first-order valence-corrected chi connectivity index (χ1v) is 10.2. The van der Waals surface area contributed by atoms with Crippen molar-refractivity contribution in [3.63, 3.8) is 0 Å². The minimum Gasteiger partial charge on any atom is -0.497 e. The van der Waals surface area contributed by atoms with Gasteiger partial charge in [0, 0.05) is 23.6 Å². The van der Waals surface area contributed by atoms with Gasteiger partial charge >= 0.3 is 0 Å². The first-order chi connectivity index (χ1) is 15.5. The number of carbonyl (C=O) groups excluding carboxylic acids is 1. The molecule has 1 aromatic heterocycles. The lowest BCUT2D eigenvalue weighted by molar-refractivity contribution is 0.0993. The van der Waals surface area contributed by atoms with E-state index in [4.69, 9.17) is 13.9 Å². The average molecular weight is 437 g/mol. The summed E-state index contributed by atoms with van der Waals surface area (Å²) in [6, 6.07) is 11.1. The van der Waals surface area contributed by atoms with Crippen LogP contribution in [-0.4, -0.2) is 25.8 Å². The highest BCUT2D eigenvalue weighted by atomic mass is 19.1. The molecule has 3 aromatic rings. The summed E-state index contributed by atoms with van der Waals surface area (Å²) in [6.07, 6.45) is 2.33. The normalized spacial score (nSPS) is 14.1. The maximum absolute atomic E-state index is 13.1. The molecule has 1 heterocycles. The van der Waals surface area contributed by atoms with Crippen LogP contribution in [0.25, 0.3) is 0 Å². The number of benzene rings is 2. The van der Waals surface area contributed by atoms with Crippen molar-refractivity contribution in [1.82, 2.24) is 0 Å². The third-order valence-corrected chi connectivity index (χ3v) is 5.35. The molecular formula is C24H24FN3O4. The van der Waals surface area contributed by atoms with Gasteiger partial charge in [-0.15, -0.1) is 0 Å². The van der Waals surface area contributed by atoms with Gasteiger partial charge in [-0.1, -0.05) is 0 Å². The number of aryl methyl sites for hydroxylation is 1. The maximum Gasteiger partial charge on any atom is 0.291 e. The molecule has 0 atom stereocenters. The summed E-state index contributed by atoms with van der Waals surface area (Å²) in [6.45, 7) is 1.85. The zero-order chi connectivity index (χ0) is 22.7. The number of nitrogens with one attached hydrogen (secondary N) is 2. The number of hydrogen-bond acceptors (Lipinski definition) is 6. The summed E-state index contributed by atoms with van der Waals surface area (Å²) in [5.74, 6) is 1.41. The predicted octanol–water partition coefficient (Wildman–Crippen LogP) is 5.15. The number of hydrogen-bond donors (Lipinski definition) is 2. The molecule has 0 aliphatic heterocycles. The Balaban J connectivity index is 1.59. The number of furan rings is 1. The van der Waals surface area contributed by atoms with Crippen LogP contribution in [0.4, 0.5) is 15.8 Å². The number of hydrazone groups is 1. The van der Waals surface area contributed by atoms with Crippen molar-refractivity contribution >= 4 is 23.0 Å². The molecule has 0 spiro atoms. The van der Waals surface area contributed by atoms with Crippen LogP contribution in [0.5, 0.6) is 11.5 Å². The zero-order valence-electron chi connectivity index (χ0n) is 18.1. The predicted molar refractivity (Wildman–Crippen MR) is 120 cm³/mol. The standard InChI is InChI=1S/C24H24FN3O4/c1-14-22-19(28-27-16-9-7-15(25)8-10-16)5-4-6-20(22)32-23(14)24(29)26-18-12-11-17(30-2)13-21(18)31-3/h7-13,27H,4-6H2,1-3H3,(H,26,29)/b28-19+. The van der Waals surface area contributed by atoms with E-state index in [1.165, 1.54) is 19.2 Å². The van der Waals surface area contributed by atoms with Crippen molar-refractivity contribution in [2.45, 2.75) is 26.2 Å². The van der Waals surface area contributed by atoms with Crippen LogP contribution in [0.2, 0.25) is 0 Å². The van der Waals surface area contributed by atoms with Crippen LogP contribution in [0.3, 0.4) is 0 Å². The molecule has 1 aliphatic rings. The van der Waals surface area contributed by atoms with Gasteiger partial charge in [-0.3, -0.25) is 10.2 Å². The molecule has 1 aliphatic carbocycles. The topological polar surface area (TPSA) is 85.1 Å². The van der Waals surface area contributed by atoms with Crippen LogP contribution < -0.4 is 20.2 Å². The molecule has 7 nitrogen and oxygen atoms in total. The van der Waals surface area contributed by atoms with Gasteiger partial charge in [-0.2, -0.15) is 5.10 Å². The van der Waals surface area contributed by atoms with Crippen molar-refractivity contribution in [2.24, 2.45) is 5.10 Å². The molecule has 0 fully saturated rings. The maximum atomic E-state index is 13.1. The van der Waals surface area contributed by atoms with Gasteiger partial charge in [0.1, 0.15) is 23.1 Å². The number of methoxy groups -OCH3 is 2. The molecule has 166 valence electrons. The summed E-state index contributed by atoms with van der Waals surface area (Å²) in [7, 11) is 3.09. The summed E-state index contributed by atoms with van der Waals surface area (Å²) in [5, 5.41) is 7.36. The number of halogens is 1. The largest absolute Gasteiger partial charge is 0.497 e. The number of fused-ring (bicyclic) bond motifs is 1. The van der Waals surface area contributed by atoms with E-state index in [-0.39, 0.29) is 17.5 Å². The van der Waals surface area contributed by atoms with E-state index < -0.39 is 0 Å². The first-order valence-electron chi connectivity index (χ1n) is 10.2. The Kier molecular flexibility index (Phi) is 6.11. The molecule has 0 saturated heterocycles. The van der Waals surface area contributed by atoms with E-state index in [1.54, 1.807) is 37.4 Å². The molecule has 32 heavy (non-hydrogen) atoms. The van der Waals surface area contributed by atoms with Crippen LogP contribution in [0.15, 0.2) is 52.0 Å². The van der Waals surface area contributed by atoms with Gasteiger partial charge in [0.2, 0.25) is 0 Å². The van der Waals surface area contributed by atoms with Crippen LogP contribution >= 0.6 is 0 Å². The highest BCUT2D eigenvalue weighted by molar-refractivity contribution is 6.09. The Morgan fingerprint density at radius 3 is 2.59 bits per heavy atom. The Morgan fingerprint density at radius 1 is 1.09 bits per heavy atom. The van der Waals surface area contributed by atoms with Crippen molar-refractivity contribution in [2.75, 3.05) is 25.0 Å². The van der Waals surface area contributed by atoms with Crippen molar-refractivity contribution in [3.8, 4) is 11.5 Å². The van der Waals surface area contributed by atoms with Gasteiger partial charge in [-0.05, 0) is 56.2 Å². The Hall–Kier alpha value is -3.81.